The zero-order valence-corrected chi connectivity index (χ0v) is 19.4. The first-order valence-electron chi connectivity index (χ1n) is 11.3. The van der Waals surface area contributed by atoms with Gasteiger partial charge in [0.15, 0.2) is 0 Å². The first-order chi connectivity index (χ1) is 17.5. The number of aromatic nitrogens is 1. The Morgan fingerprint density at radius 3 is 2.28 bits per heavy atom. The van der Waals surface area contributed by atoms with Crippen LogP contribution in [-0.4, -0.2) is 22.0 Å². The summed E-state index contributed by atoms with van der Waals surface area (Å²) in [5.41, 5.74) is 6.31. The molecule has 0 aliphatic heterocycles. The second-order valence-electron chi connectivity index (χ2n) is 8.16. The molecule has 0 spiro atoms. The van der Waals surface area contributed by atoms with Gasteiger partial charge in [-0.3, -0.25) is 19.8 Å². The van der Waals surface area contributed by atoms with Crippen molar-refractivity contribution in [3.63, 3.8) is 0 Å². The van der Waals surface area contributed by atoms with Crippen LogP contribution in [0.3, 0.4) is 0 Å². The Kier molecular flexibility index (Phi) is 8.00. The van der Waals surface area contributed by atoms with Crippen LogP contribution in [0.25, 0.3) is 11.1 Å². The Hall–Kier alpha value is -4.56. The lowest BCUT2D eigenvalue weighted by Crippen LogP contribution is -2.24. The lowest BCUT2D eigenvalue weighted by molar-refractivity contribution is -0.120. The topological polar surface area (TPSA) is 103 Å². The van der Waals surface area contributed by atoms with Gasteiger partial charge in [0.2, 0.25) is 5.91 Å². The molecule has 182 valence electrons. The number of nitrogens with zero attached hydrogens (tertiary/aromatic N) is 1. The third kappa shape index (κ3) is 6.52. The quantitative estimate of drug-likeness (QED) is 0.207. The van der Waals surface area contributed by atoms with Gasteiger partial charge in [0.25, 0.3) is 5.91 Å². The molecular formula is C28H25FN4O3. The molecule has 0 aliphatic rings. The summed E-state index contributed by atoms with van der Waals surface area (Å²) in [4.78, 5) is 28.0. The maximum atomic E-state index is 14.2. The van der Waals surface area contributed by atoms with Crippen LogP contribution >= 0.6 is 0 Å². The number of anilines is 1. The van der Waals surface area contributed by atoms with Gasteiger partial charge < -0.3 is 10.6 Å². The maximum absolute atomic E-state index is 14.2. The molecule has 8 heteroatoms. The highest BCUT2D eigenvalue weighted by atomic mass is 19.1. The molecule has 4 rings (SSSR count). The van der Waals surface area contributed by atoms with Crippen molar-refractivity contribution in [2.45, 2.75) is 19.5 Å². The molecule has 0 saturated heterocycles. The van der Waals surface area contributed by atoms with Gasteiger partial charge in [0, 0.05) is 47.4 Å². The van der Waals surface area contributed by atoms with Crippen LogP contribution in [0.5, 0.6) is 0 Å². The van der Waals surface area contributed by atoms with Gasteiger partial charge in [-0.1, -0.05) is 54.6 Å². The van der Waals surface area contributed by atoms with Gasteiger partial charge in [-0.25, -0.2) is 9.87 Å². The summed E-state index contributed by atoms with van der Waals surface area (Å²) < 4.78 is 14.2. The minimum absolute atomic E-state index is 0.0375. The number of hydroxylamine groups is 1. The minimum atomic E-state index is -0.766. The SMILES string of the molecule is O=C(Cc1ccc(-c2ccc(NCc3ccc(C(=O)NO)cc3F)cc2)cn1)NCc1ccccc1. The molecule has 0 unspecified atom stereocenters. The van der Waals surface area contributed by atoms with Crippen LogP contribution < -0.4 is 16.1 Å². The fourth-order valence-electron chi connectivity index (χ4n) is 3.60. The number of pyridine rings is 1. The zero-order chi connectivity index (χ0) is 25.3. The molecule has 2 amide bonds. The van der Waals surface area contributed by atoms with Crippen LogP contribution in [0.2, 0.25) is 0 Å². The Labute approximate surface area is 208 Å². The number of carbonyl (C=O) groups excluding carboxylic acids is 2. The number of amides is 2. The summed E-state index contributed by atoms with van der Waals surface area (Å²) in [6, 6.07) is 25.1. The molecule has 0 fully saturated rings. The highest BCUT2D eigenvalue weighted by Gasteiger charge is 2.09. The van der Waals surface area contributed by atoms with Gasteiger partial charge in [-0.05, 0) is 41.5 Å². The van der Waals surface area contributed by atoms with Crippen molar-refractivity contribution < 1.29 is 19.2 Å². The van der Waals surface area contributed by atoms with Crippen LogP contribution in [0.1, 0.15) is 27.2 Å². The summed E-state index contributed by atoms with van der Waals surface area (Å²) in [6.45, 7) is 0.714. The van der Waals surface area contributed by atoms with Crippen molar-refractivity contribution in [2.24, 2.45) is 0 Å². The first kappa shape index (κ1) is 24.6. The molecule has 7 nitrogen and oxygen atoms in total. The van der Waals surface area contributed by atoms with E-state index in [1.165, 1.54) is 17.6 Å². The van der Waals surface area contributed by atoms with E-state index in [0.717, 1.165) is 28.4 Å². The van der Waals surface area contributed by atoms with E-state index in [9.17, 15) is 14.0 Å². The summed E-state index contributed by atoms with van der Waals surface area (Å²) in [7, 11) is 0. The number of carbonyl (C=O) groups is 2. The molecule has 4 N–H and O–H groups in total. The van der Waals surface area contributed by atoms with E-state index in [1.807, 2.05) is 66.7 Å². The number of halogens is 1. The predicted octanol–water partition coefficient (Wildman–Crippen LogP) is 4.48. The van der Waals surface area contributed by atoms with Gasteiger partial charge >= 0.3 is 0 Å². The monoisotopic (exact) mass is 484 g/mol. The van der Waals surface area contributed by atoms with Crippen LogP contribution in [-0.2, 0) is 24.3 Å². The maximum Gasteiger partial charge on any atom is 0.274 e. The van der Waals surface area contributed by atoms with Crippen LogP contribution in [0, 0.1) is 5.82 Å². The lowest BCUT2D eigenvalue weighted by Gasteiger charge is -2.10. The second kappa shape index (κ2) is 11.7. The van der Waals surface area contributed by atoms with Gasteiger partial charge in [0.1, 0.15) is 5.82 Å². The molecule has 0 bridgehead atoms. The standard InChI is InChI=1S/C28H25FN4O3/c29-26-14-21(28(35)33-36)6-7-23(26)18-30-24-11-8-20(9-12-24)22-10-13-25(31-17-22)15-27(34)32-16-19-4-2-1-3-5-19/h1-14,17,30,36H,15-16,18H2,(H,32,34)(H,33,35). The van der Waals surface area contributed by atoms with E-state index in [0.29, 0.717) is 17.8 Å². The van der Waals surface area contributed by atoms with E-state index in [4.69, 9.17) is 5.21 Å². The molecule has 1 aromatic heterocycles. The van der Waals surface area contributed by atoms with Crippen molar-refractivity contribution >= 4 is 17.5 Å². The normalized spacial score (nSPS) is 10.5. The van der Waals surface area contributed by atoms with Crippen LogP contribution in [0.4, 0.5) is 10.1 Å². The lowest BCUT2D eigenvalue weighted by atomic mass is 10.1. The number of hydrogen-bond acceptors (Lipinski definition) is 5. The number of benzene rings is 3. The summed E-state index contributed by atoms with van der Waals surface area (Å²) >= 11 is 0. The smallest absolute Gasteiger partial charge is 0.274 e. The Balaban J connectivity index is 1.30. The summed E-state index contributed by atoms with van der Waals surface area (Å²) in [5.74, 6) is -1.39. The highest BCUT2D eigenvalue weighted by molar-refractivity contribution is 5.93. The largest absolute Gasteiger partial charge is 0.381 e. The van der Waals surface area contributed by atoms with Gasteiger partial charge in [-0.15, -0.1) is 0 Å². The average molecular weight is 485 g/mol. The molecule has 0 aliphatic carbocycles. The van der Waals surface area contributed by atoms with E-state index in [1.54, 1.807) is 6.20 Å². The molecule has 4 aromatic rings. The van der Waals surface area contributed by atoms with Gasteiger partial charge in [-0.2, -0.15) is 0 Å². The number of rotatable bonds is 9. The Morgan fingerprint density at radius 2 is 1.61 bits per heavy atom. The average Bonchev–Trinajstić information content (AvgIpc) is 2.92. The fourth-order valence-corrected chi connectivity index (χ4v) is 3.60. The first-order valence-corrected chi connectivity index (χ1v) is 11.3. The Morgan fingerprint density at radius 1 is 0.861 bits per heavy atom. The van der Waals surface area contributed by atoms with Crippen molar-refractivity contribution in [1.29, 1.82) is 0 Å². The molecule has 0 saturated carbocycles. The van der Waals surface area contributed by atoms with Crippen molar-refractivity contribution in [1.82, 2.24) is 15.8 Å². The van der Waals surface area contributed by atoms with Crippen LogP contribution in [0.15, 0.2) is 91.1 Å². The van der Waals surface area contributed by atoms with E-state index in [2.05, 4.69) is 15.6 Å². The zero-order valence-electron chi connectivity index (χ0n) is 19.4. The third-order valence-corrected chi connectivity index (χ3v) is 5.62. The second-order valence-corrected chi connectivity index (χ2v) is 8.16. The van der Waals surface area contributed by atoms with E-state index in [-0.39, 0.29) is 24.4 Å². The number of nitrogens with one attached hydrogen (secondary N) is 3. The Bertz CT molecular complexity index is 1330. The number of hydrogen-bond donors (Lipinski definition) is 4. The van der Waals surface area contributed by atoms with Gasteiger partial charge in [0.05, 0.1) is 6.42 Å². The molecule has 0 radical (unpaired) electrons. The fraction of sp³-hybridized carbons (Fsp3) is 0.107. The molecule has 3 aromatic carbocycles. The van der Waals surface area contributed by atoms with E-state index < -0.39 is 11.7 Å². The van der Waals surface area contributed by atoms with Crippen molar-refractivity contribution in [2.75, 3.05) is 5.32 Å². The highest BCUT2D eigenvalue weighted by Crippen LogP contribution is 2.22. The van der Waals surface area contributed by atoms with Crippen molar-refractivity contribution in [3.8, 4) is 11.1 Å². The summed E-state index contributed by atoms with van der Waals surface area (Å²) in [5, 5.41) is 14.7. The minimum Gasteiger partial charge on any atom is -0.381 e. The third-order valence-electron chi connectivity index (χ3n) is 5.62. The molecule has 1 heterocycles. The molecular weight excluding hydrogens is 459 g/mol. The molecule has 0 atom stereocenters. The predicted molar refractivity (Wildman–Crippen MR) is 135 cm³/mol. The van der Waals surface area contributed by atoms with E-state index >= 15 is 0 Å². The molecule has 36 heavy (non-hydrogen) atoms. The van der Waals surface area contributed by atoms with Crippen molar-refractivity contribution in [3.05, 3.63) is 119 Å². The summed E-state index contributed by atoms with van der Waals surface area (Å²) in [6.07, 6.45) is 1.94.